The minimum atomic E-state index is -0.686. The summed E-state index contributed by atoms with van der Waals surface area (Å²) < 4.78 is 16.7. The highest BCUT2D eigenvalue weighted by atomic mass is 32.1. The van der Waals surface area contributed by atoms with Crippen LogP contribution in [0.25, 0.3) is 10.2 Å². The second-order valence-electron chi connectivity index (χ2n) is 6.31. The summed E-state index contributed by atoms with van der Waals surface area (Å²) in [6, 6.07) is 12.5. The van der Waals surface area contributed by atoms with Crippen molar-refractivity contribution in [2.24, 2.45) is 0 Å². The summed E-state index contributed by atoms with van der Waals surface area (Å²) in [5.74, 6) is -0.386. The molecule has 8 heteroatoms. The van der Waals surface area contributed by atoms with Crippen molar-refractivity contribution in [1.82, 2.24) is 9.88 Å². The number of aromatic nitrogens is 1. The average molecular weight is 414 g/mol. The number of carbonyl (C=O) groups is 2. The first kappa shape index (κ1) is 20.6. The second-order valence-corrected chi connectivity index (χ2v) is 7.38. The van der Waals surface area contributed by atoms with Crippen molar-refractivity contribution < 1.29 is 23.8 Å². The number of methoxy groups -OCH3 is 2. The van der Waals surface area contributed by atoms with E-state index in [2.05, 4.69) is 4.98 Å². The number of hydrogen-bond acceptors (Lipinski definition) is 7. The lowest BCUT2D eigenvalue weighted by molar-refractivity contribution is -0.135. The predicted octanol–water partition coefficient (Wildman–Crippen LogP) is 3.69. The van der Waals surface area contributed by atoms with Crippen molar-refractivity contribution in [3.63, 3.8) is 0 Å². The maximum atomic E-state index is 12.6. The maximum absolute atomic E-state index is 12.6. The number of para-hydroxylation sites is 1. The first-order valence-corrected chi connectivity index (χ1v) is 9.77. The first-order chi connectivity index (χ1) is 14.0. The number of esters is 1. The molecule has 0 radical (unpaired) electrons. The number of benzene rings is 2. The molecule has 1 atom stereocenters. The minimum absolute atomic E-state index is 0.146. The van der Waals surface area contributed by atoms with E-state index in [1.54, 1.807) is 25.2 Å². The summed E-state index contributed by atoms with van der Waals surface area (Å²) in [6.07, 6.45) is 0. The minimum Gasteiger partial charge on any atom is -0.496 e. The van der Waals surface area contributed by atoms with E-state index in [-0.39, 0.29) is 17.5 Å². The molecule has 0 spiro atoms. The third kappa shape index (κ3) is 4.32. The van der Waals surface area contributed by atoms with Crippen molar-refractivity contribution in [2.45, 2.75) is 13.0 Å². The van der Waals surface area contributed by atoms with Crippen LogP contribution >= 0.6 is 11.3 Å². The Bertz CT molecular complexity index is 978. The Hall–Kier alpha value is -3.13. The third-order valence-electron chi connectivity index (χ3n) is 4.60. The molecule has 1 aromatic heterocycles. The van der Waals surface area contributed by atoms with Crippen LogP contribution in [-0.2, 0) is 9.53 Å². The summed E-state index contributed by atoms with van der Waals surface area (Å²) >= 11 is 1.54. The Balaban J connectivity index is 1.68. The van der Waals surface area contributed by atoms with Gasteiger partial charge in [0.25, 0.3) is 5.91 Å². The molecule has 0 unspecified atom stereocenters. The maximum Gasteiger partial charge on any atom is 0.346 e. The molecule has 1 amide bonds. The van der Waals surface area contributed by atoms with Gasteiger partial charge in [-0.3, -0.25) is 4.79 Å². The van der Waals surface area contributed by atoms with Crippen LogP contribution in [0.1, 0.15) is 28.3 Å². The van der Waals surface area contributed by atoms with Crippen LogP contribution < -0.4 is 9.47 Å². The SMILES string of the molecule is COc1cccc(OC)c1C(=O)OCC(=O)N(C)[C@@H](C)c1nc2ccccc2s1. The zero-order chi connectivity index (χ0) is 21.0. The van der Waals surface area contributed by atoms with Crippen LogP contribution in [0.4, 0.5) is 0 Å². The van der Waals surface area contributed by atoms with Crippen molar-refractivity contribution >= 4 is 33.4 Å². The van der Waals surface area contributed by atoms with Crippen LogP contribution in [0.3, 0.4) is 0 Å². The molecule has 7 nitrogen and oxygen atoms in total. The van der Waals surface area contributed by atoms with Gasteiger partial charge in [0, 0.05) is 7.05 Å². The molecular formula is C21H22N2O5S. The van der Waals surface area contributed by atoms with E-state index in [4.69, 9.17) is 14.2 Å². The van der Waals surface area contributed by atoms with E-state index in [1.165, 1.54) is 30.5 Å². The summed E-state index contributed by atoms with van der Waals surface area (Å²) in [7, 11) is 4.56. The molecule has 0 saturated heterocycles. The fourth-order valence-electron chi connectivity index (χ4n) is 2.80. The summed E-state index contributed by atoms with van der Waals surface area (Å²) in [5, 5.41) is 0.819. The van der Waals surface area contributed by atoms with Crippen LogP contribution in [-0.4, -0.2) is 49.6 Å². The summed E-state index contributed by atoms with van der Waals surface area (Å²) in [6.45, 7) is 1.49. The molecule has 0 aliphatic carbocycles. The molecule has 3 aromatic rings. The van der Waals surface area contributed by atoms with E-state index < -0.39 is 12.6 Å². The highest BCUT2D eigenvalue weighted by Crippen LogP contribution is 2.30. The van der Waals surface area contributed by atoms with Gasteiger partial charge in [-0.15, -0.1) is 11.3 Å². The normalized spacial score (nSPS) is 11.7. The van der Waals surface area contributed by atoms with Gasteiger partial charge in [0.15, 0.2) is 6.61 Å². The Labute approximate surface area is 172 Å². The third-order valence-corrected chi connectivity index (χ3v) is 5.81. The monoisotopic (exact) mass is 414 g/mol. The van der Waals surface area contributed by atoms with E-state index in [9.17, 15) is 9.59 Å². The van der Waals surface area contributed by atoms with Gasteiger partial charge in [0.05, 0.1) is 30.5 Å². The number of thiazole rings is 1. The van der Waals surface area contributed by atoms with E-state index in [0.717, 1.165) is 15.2 Å². The quantitative estimate of drug-likeness (QED) is 0.549. The van der Waals surface area contributed by atoms with Gasteiger partial charge in [-0.05, 0) is 31.2 Å². The van der Waals surface area contributed by atoms with Gasteiger partial charge in [0.1, 0.15) is 22.1 Å². The van der Waals surface area contributed by atoms with Crippen molar-refractivity contribution in [1.29, 1.82) is 0 Å². The van der Waals surface area contributed by atoms with Gasteiger partial charge in [-0.1, -0.05) is 18.2 Å². The Kier molecular flexibility index (Phi) is 6.33. The van der Waals surface area contributed by atoms with Gasteiger partial charge in [-0.25, -0.2) is 9.78 Å². The molecule has 0 N–H and O–H groups in total. The molecule has 0 aliphatic heterocycles. The number of hydrogen-bond donors (Lipinski definition) is 0. The smallest absolute Gasteiger partial charge is 0.346 e. The number of fused-ring (bicyclic) bond motifs is 1. The molecule has 2 aromatic carbocycles. The molecule has 0 saturated carbocycles. The fourth-order valence-corrected chi connectivity index (χ4v) is 3.87. The van der Waals surface area contributed by atoms with Gasteiger partial charge in [0.2, 0.25) is 0 Å². The summed E-state index contributed by atoms with van der Waals surface area (Å²) in [4.78, 5) is 31.2. The standard InChI is InChI=1S/C21H22N2O5S/c1-13(20-22-14-8-5-6-11-17(14)29-20)23(2)18(24)12-28-21(25)19-15(26-3)9-7-10-16(19)27-4/h5-11,13H,12H2,1-4H3/t13-/m0/s1. The van der Waals surface area contributed by atoms with Gasteiger partial charge < -0.3 is 19.1 Å². The second kappa shape index (κ2) is 8.91. The Morgan fingerprint density at radius 2 is 1.72 bits per heavy atom. The molecule has 0 fully saturated rings. The molecule has 152 valence electrons. The van der Waals surface area contributed by atoms with Crippen molar-refractivity contribution in [3.05, 3.63) is 53.0 Å². The number of rotatable bonds is 7. The number of ether oxygens (including phenoxy) is 3. The molecular weight excluding hydrogens is 392 g/mol. The summed E-state index contributed by atoms with van der Waals surface area (Å²) in [5.41, 5.74) is 1.04. The Morgan fingerprint density at radius 3 is 2.34 bits per heavy atom. The Morgan fingerprint density at radius 1 is 1.07 bits per heavy atom. The topological polar surface area (TPSA) is 78.0 Å². The molecule has 0 bridgehead atoms. The average Bonchev–Trinajstić information content (AvgIpc) is 3.19. The number of likely N-dealkylation sites (N-methyl/N-ethyl adjacent to an activating group) is 1. The zero-order valence-corrected chi connectivity index (χ0v) is 17.5. The molecule has 0 aliphatic rings. The van der Waals surface area contributed by atoms with Crippen LogP contribution in [0, 0.1) is 0 Å². The number of nitrogens with zero attached hydrogens (tertiary/aromatic N) is 2. The van der Waals surface area contributed by atoms with E-state index in [1.807, 2.05) is 31.2 Å². The fraction of sp³-hybridized carbons (Fsp3) is 0.286. The van der Waals surface area contributed by atoms with Crippen molar-refractivity contribution in [2.75, 3.05) is 27.9 Å². The lowest BCUT2D eigenvalue weighted by Crippen LogP contribution is -2.33. The van der Waals surface area contributed by atoms with Crippen molar-refractivity contribution in [3.8, 4) is 11.5 Å². The highest BCUT2D eigenvalue weighted by Gasteiger charge is 2.24. The number of amides is 1. The predicted molar refractivity (Wildman–Crippen MR) is 111 cm³/mol. The van der Waals surface area contributed by atoms with Gasteiger partial charge >= 0.3 is 5.97 Å². The van der Waals surface area contributed by atoms with Crippen LogP contribution in [0.15, 0.2) is 42.5 Å². The molecule has 29 heavy (non-hydrogen) atoms. The zero-order valence-electron chi connectivity index (χ0n) is 16.7. The highest BCUT2D eigenvalue weighted by molar-refractivity contribution is 7.18. The number of carbonyl (C=O) groups excluding carboxylic acids is 2. The molecule has 1 heterocycles. The molecule has 3 rings (SSSR count). The van der Waals surface area contributed by atoms with Gasteiger partial charge in [-0.2, -0.15) is 0 Å². The lowest BCUT2D eigenvalue weighted by atomic mass is 10.2. The lowest BCUT2D eigenvalue weighted by Gasteiger charge is -2.23. The van der Waals surface area contributed by atoms with E-state index >= 15 is 0 Å². The largest absolute Gasteiger partial charge is 0.496 e. The van der Waals surface area contributed by atoms with Crippen LogP contribution in [0.2, 0.25) is 0 Å². The first-order valence-electron chi connectivity index (χ1n) is 8.95. The van der Waals surface area contributed by atoms with Crippen LogP contribution in [0.5, 0.6) is 11.5 Å². The van der Waals surface area contributed by atoms with E-state index in [0.29, 0.717) is 11.5 Å².